The number of amides is 1. The van der Waals surface area contributed by atoms with Crippen LogP contribution in [0.4, 0.5) is 5.69 Å². The number of nitrogens with zero attached hydrogens (tertiary/aromatic N) is 1. The van der Waals surface area contributed by atoms with E-state index < -0.39 is 5.54 Å². The van der Waals surface area contributed by atoms with Crippen LogP contribution in [0.25, 0.3) is 0 Å². The number of anilines is 1. The maximum Gasteiger partial charge on any atom is 0.243 e. The van der Waals surface area contributed by atoms with Gasteiger partial charge in [0.1, 0.15) is 5.15 Å². The minimum absolute atomic E-state index is 0.155. The zero-order valence-corrected chi connectivity index (χ0v) is 10.8. The topological polar surface area (TPSA) is 68.0 Å². The number of aromatic nitrogens is 1. The van der Waals surface area contributed by atoms with Crippen LogP contribution in [-0.2, 0) is 4.79 Å². The molecule has 0 saturated carbocycles. The number of carbonyl (C=O) groups is 1. The Morgan fingerprint density at radius 3 is 2.50 bits per heavy atom. The monoisotopic (exact) mass is 261 g/mol. The summed E-state index contributed by atoms with van der Waals surface area (Å²) < 4.78 is 0. The number of carbonyl (C=O) groups excluding carboxylic acids is 1. The highest BCUT2D eigenvalue weighted by atomic mass is 35.5. The molecule has 0 unspecified atom stereocenters. The molecule has 16 heavy (non-hydrogen) atoms. The zero-order valence-electron chi connectivity index (χ0n) is 9.27. The molecule has 4 nitrogen and oxygen atoms in total. The Hall–Kier alpha value is -0.840. The average molecular weight is 262 g/mol. The molecule has 1 aromatic heterocycles. The lowest BCUT2D eigenvalue weighted by atomic mass is 10.1. The van der Waals surface area contributed by atoms with Crippen LogP contribution in [-0.4, -0.2) is 16.4 Å². The third kappa shape index (κ3) is 3.07. The fraction of sp³-hybridized carbons (Fsp3) is 0.400. The number of nitrogens with two attached hydrogens (primary N) is 1. The van der Waals surface area contributed by atoms with Crippen molar-refractivity contribution < 1.29 is 4.79 Å². The maximum absolute atomic E-state index is 11.7. The third-order valence-electron chi connectivity index (χ3n) is 1.96. The van der Waals surface area contributed by atoms with E-state index in [2.05, 4.69) is 10.3 Å². The quantitative estimate of drug-likeness (QED) is 0.804. The summed E-state index contributed by atoms with van der Waals surface area (Å²) in [6, 6.07) is 1.62. The fourth-order valence-corrected chi connectivity index (χ4v) is 1.60. The summed E-state index contributed by atoms with van der Waals surface area (Å²) in [4.78, 5) is 15.5. The van der Waals surface area contributed by atoms with E-state index in [9.17, 15) is 4.79 Å². The second kappa shape index (κ2) is 4.57. The molecule has 0 atom stereocenters. The van der Waals surface area contributed by atoms with Crippen molar-refractivity contribution >= 4 is 34.8 Å². The fourth-order valence-electron chi connectivity index (χ4n) is 1.02. The van der Waals surface area contributed by atoms with Crippen molar-refractivity contribution in [3.8, 4) is 0 Å². The molecule has 0 bridgehead atoms. The van der Waals surface area contributed by atoms with Crippen molar-refractivity contribution in [2.75, 3.05) is 5.32 Å². The van der Waals surface area contributed by atoms with E-state index in [0.717, 1.165) is 5.56 Å². The van der Waals surface area contributed by atoms with Crippen LogP contribution in [0, 0.1) is 6.92 Å². The third-order valence-corrected chi connectivity index (χ3v) is 2.43. The minimum Gasteiger partial charge on any atom is -0.322 e. The van der Waals surface area contributed by atoms with Gasteiger partial charge < -0.3 is 11.1 Å². The van der Waals surface area contributed by atoms with Crippen LogP contribution in [0.15, 0.2) is 6.07 Å². The molecule has 6 heteroatoms. The Bertz CT molecular complexity index is 404. The van der Waals surface area contributed by atoms with Gasteiger partial charge in [0.05, 0.1) is 11.2 Å². The number of halogens is 2. The molecule has 0 saturated heterocycles. The molecule has 0 aliphatic carbocycles. The molecule has 3 N–H and O–H groups in total. The first-order valence-electron chi connectivity index (χ1n) is 4.65. The molecule has 1 amide bonds. The lowest BCUT2D eigenvalue weighted by Crippen LogP contribution is -2.45. The first-order valence-corrected chi connectivity index (χ1v) is 5.40. The van der Waals surface area contributed by atoms with Gasteiger partial charge in [-0.25, -0.2) is 4.98 Å². The lowest BCUT2D eigenvalue weighted by Gasteiger charge is -2.19. The smallest absolute Gasteiger partial charge is 0.243 e. The summed E-state index contributed by atoms with van der Waals surface area (Å²) in [6.07, 6.45) is 0. The van der Waals surface area contributed by atoms with Crippen LogP contribution >= 0.6 is 23.2 Å². The second-order valence-electron chi connectivity index (χ2n) is 4.10. The first-order chi connectivity index (χ1) is 7.21. The van der Waals surface area contributed by atoms with Gasteiger partial charge in [-0.1, -0.05) is 23.2 Å². The van der Waals surface area contributed by atoms with E-state index in [0.29, 0.717) is 5.69 Å². The standard InChI is InChI=1S/C10H13Cl2N3O/c1-5-4-6(11)14-8(12)7(5)15-9(16)10(2,3)13/h4H,13H2,1-3H3,(H,15,16). The molecule has 0 spiro atoms. The molecule has 1 aromatic rings. The molecule has 1 heterocycles. The molecule has 0 fully saturated rings. The van der Waals surface area contributed by atoms with Crippen LogP contribution in [0.3, 0.4) is 0 Å². The molecule has 1 rings (SSSR count). The van der Waals surface area contributed by atoms with Gasteiger partial charge in [-0.05, 0) is 32.4 Å². The molecular weight excluding hydrogens is 249 g/mol. The first kappa shape index (κ1) is 13.2. The van der Waals surface area contributed by atoms with Crippen molar-refractivity contribution in [3.63, 3.8) is 0 Å². The predicted octanol–water partition coefficient (Wildman–Crippen LogP) is 2.37. The van der Waals surface area contributed by atoms with E-state index in [1.54, 1.807) is 26.8 Å². The lowest BCUT2D eigenvalue weighted by molar-refractivity contribution is -0.120. The van der Waals surface area contributed by atoms with Gasteiger partial charge in [-0.3, -0.25) is 4.79 Å². The number of pyridine rings is 1. The number of rotatable bonds is 2. The van der Waals surface area contributed by atoms with Gasteiger partial charge >= 0.3 is 0 Å². The number of hydrogen-bond donors (Lipinski definition) is 2. The summed E-state index contributed by atoms with van der Waals surface area (Å²) >= 11 is 11.6. The van der Waals surface area contributed by atoms with Crippen molar-refractivity contribution in [1.29, 1.82) is 0 Å². The number of nitrogens with one attached hydrogen (secondary N) is 1. The average Bonchev–Trinajstić information content (AvgIpc) is 2.08. The van der Waals surface area contributed by atoms with E-state index in [1.165, 1.54) is 0 Å². The molecule has 0 aromatic carbocycles. The van der Waals surface area contributed by atoms with Gasteiger partial charge in [-0.15, -0.1) is 0 Å². The van der Waals surface area contributed by atoms with E-state index in [4.69, 9.17) is 28.9 Å². The highest BCUT2D eigenvalue weighted by Gasteiger charge is 2.23. The van der Waals surface area contributed by atoms with Crippen molar-refractivity contribution in [2.24, 2.45) is 5.73 Å². The second-order valence-corrected chi connectivity index (χ2v) is 4.85. The van der Waals surface area contributed by atoms with Crippen molar-refractivity contribution in [2.45, 2.75) is 26.3 Å². The molecule has 0 aliphatic rings. The highest BCUT2D eigenvalue weighted by molar-refractivity contribution is 6.34. The number of aryl methyl sites for hydroxylation is 1. The van der Waals surface area contributed by atoms with Gasteiger partial charge in [0.25, 0.3) is 0 Å². The summed E-state index contributed by atoms with van der Waals surface area (Å²) in [5.41, 5.74) is 5.86. The van der Waals surface area contributed by atoms with Crippen LogP contribution in [0.1, 0.15) is 19.4 Å². The van der Waals surface area contributed by atoms with Crippen molar-refractivity contribution in [3.05, 3.63) is 21.9 Å². The van der Waals surface area contributed by atoms with Gasteiger partial charge in [0, 0.05) is 0 Å². The Morgan fingerprint density at radius 2 is 2.06 bits per heavy atom. The van der Waals surface area contributed by atoms with E-state index in [1.807, 2.05) is 0 Å². The highest BCUT2D eigenvalue weighted by Crippen LogP contribution is 2.26. The SMILES string of the molecule is Cc1cc(Cl)nc(Cl)c1NC(=O)C(C)(C)N. The Labute approximate surface area is 104 Å². The Balaban J connectivity index is 3.03. The maximum atomic E-state index is 11.7. The molecule has 0 aliphatic heterocycles. The number of hydrogen-bond acceptors (Lipinski definition) is 3. The molecular formula is C10H13Cl2N3O. The summed E-state index contributed by atoms with van der Waals surface area (Å²) in [5, 5.41) is 3.07. The van der Waals surface area contributed by atoms with Crippen LogP contribution < -0.4 is 11.1 Å². The van der Waals surface area contributed by atoms with Gasteiger partial charge in [-0.2, -0.15) is 0 Å². The van der Waals surface area contributed by atoms with E-state index >= 15 is 0 Å². The summed E-state index contributed by atoms with van der Waals surface area (Å²) in [6.45, 7) is 4.99. The largest absolute Gasteiger partial charge is 0.322 e. The van der Waals surface area contributed by atoms with Crippen LogP contribution in [0.5, 0.6) is 0 Å². The van der Waals surface area contributed by atoms with E-state index in [-0.39, 0.29) is 16.2 Å². The van der Waals surface area contributed by atoms with Gasteiger partial charge in [0.15, 0.2) is 5.15 Å². The molecule has 0 radical (unpaired) electrons. The van der Waals surface area contributed by atoms with Crippen molar-refractivity contribution in [1.82, 2.24) is 4.98 Å². The predicted molar refractivity (Wildman–Crippen MR) is 65.9 cm³/mol. The Morgan fingerprint density at radius 1 is 1.50 bits per heavy atom. The van der Waals surface area contributed by atoms with Gasteiger partial charge in [0.2, 0.25) is 5.91 Å². The summed E-state index contributed by atoms with van der Waals surface area (Å²) in [7, 11) is 0. The minimum atomic E-state index is -0.977. The normalized spacial score (nSPS) is 11.4. The summed E-state index contributed by atoms with van der Waals surface area (Å²) in [5.74, 6) is -0.332. The Kier molecular flexibility index (Phi) is 3.78. The molecule has 88 valence electrons. The zero-order chi connectivity index (χ0) is 12.5. The van der Waals surface area contributed by atoms with Crippen LogP contribution in [0.2, 0.25) is 10.3 Å².